The molecule has 1 aromatic heterocycles. The van der Waals surface area contributed by atoms with Crippen LogP contribution in [0.2, 0.25) is 5.28 Å². The zero-order valence-electron chi connectivity index (χ0n) is 11.9. The molecule has 0 spiro atoms. The normalized spacial score (nSPS) is 10.8. The first-order chi connectivity index (χ1) is 9.41. The van der Waals surface area contributed by atoms with E-state index in [1.54, 1.807) is 0 Å². The second-order valence-corrected chi connectivity index (χ2v) is 5.09. The first kappa shape index (κ1) is 16.6. The van der Waals surface area contributed by atoms with Crippen molar-refractivity contribution in [2.24, 2.45) is 5.92 Å². The molecule has 0 amide bonds. The molecule has 20 heavy (non-hydrogen) atoms. The van der Waals surface area contributed by atoms with E-state index in [-0.39, 0.29) is 22.5 Å². The molecular formula is C12H19ClN4O3. The van der Waals surface area contributed by atoms with Gasteiger partial charge in [0.05, 0.1) is 11.5 Å². The predicted molar refractivity (Wildman–Crippen MR) is 77.2 cm³/mol. The highest BCUT2D eigenvalue weighted by Gasteiger charge is 2.21. The van der Waals surface area contributed by atoms with E-state index in [1.165, 1.54) is 6.92 Å². The fourth-order valence-corrected chi connectivity index (χ4v) is 1.75. The Balaban J connectivity index is 2.53. The minimum absolute atomic E-state index is 0.0173. The van der Waals surface area contributed by atoms with Crippen LogP contribution in [0.25, 0.3) is 0 Å². The van der Waals surface area contributed by atoms with Gasteiger partial charge in [-0.25, -0.2) is 4.98 Å². The molecule has 1 N–H and O–H groups in total. The van der Waals surface area contributed by atoms with Crippen molar-refractivity contribution in [1.29, 1.82) is 0 Å². The van der Waals surface area contributed by atoms with E-state index >= 15 is 0 Å². The zero-order chi connectivity index (χ0) is 15.1. The summed E-state index contributed by atoms with van der Waals surface area (Å²) in [5, 5.41) is 13.8. The summed E-state index contributed by atoms with van der Waals surface area (Å²) >= 11 is 5.71. The van der Waals surface area contributed by atoms with E-state index in [4.69, 9.17) is 16.3 Å². The lowest BCUT2D eigenvalue weighted by atomic mass is 10.1. The highest BCUT2D eigenvalue weighted by atomic mass is 35.5. The van der Waals surface area contributed by atoms with Crippen LogP contribution in [0.5, 0.6) is 0 Å². The van der Waals surface area contributed by atoms with Gasteiger partial charge in [0.25, 0.3) is 0 Å². The van der Waals surface area contributed by atoms with Crippen molar-refractivity contribution in [1.82, 2.24) is 9.97 Å². The molecule has 0 aromatic carbocycles. The average molecular weight is 303 g/mol. The summed E-state index contributed by atoms with van der Waals surface area (Å²) in [4.78, 5) is 18.1. The third-order valence-electron chi connectivity index (χ3n) is 2.59. The van der Waals surface area contributed by atoms with Gasteiger partial charge in [-0.2, -0.15) is 4.98 Å². The molecular weight excluding hydrogens is 284 g/mol. The first-order valence-corrected chi connectivity index (χ1v) is 6.79. The van der Waals surface area contributed by atoms with Crippen LogP contribution in [-0.4, -0.2) is 34.6 Å². The second kappa shape index (κ2) is 7.96. The number of halogens is 1. The lowest BCUT2D eigenvalue weighted by Gasteiger charge is -2.09. The number of ether oxygens (including phenoxy) is 1. The topological polar surface area (TPSA) is 90.2 Å². The van der Waals surface area contributed by atoms with Gasteiger partial charge in [0.15, 0.2) is 0 Å². The van der Waals surface area contributed by atoms with Crippen LogP contribution in [0.3, 0.4) is 0 Å². The number of nitrogens with zero attached hydrogens (tertiary/aromatic N) is 3. The monoisotopic (exact) mass is 302 g/mol. The Bertz CT molecular complexity index is 468. The molecule has 0 atom stereocenters. The molecule has 0 fully saturated rings. The van der Waals surface area contributed by atoms with Crippen molar-refractivity contribution in [3.05, 3.63) is 21.1 Å². The van der Waals surface area contributed by atoms with Crippen molar-refractivity contribution in [2.45, 2.75) is 27.2 Å². The van der Waals surface area contributed by atoms with Gasteiger partial charge < -0.3 is 10.1 Å². The van der Waals surface area contributed by atoms with E-state index in [1.807, 2.05) is 0 Å². The molecule has 0 saturated heterocycles. The van der Waals surface area contributed by atoms with Crippen molar-refractivity contribution >= 4 is 23.1 Å². The SMILES string of the molecule is Cc1nc(Cl)nc(NCCOCCC(C)C)c1[N+](=O)[O-]. The summed E-state index contributed by atoms with van der Waals surface area (Å²) in [5.74, 6) is 0.715. The largest absolute Gasteiger partial charge is 0.380 e. The van der Waals surface area contributed by atoms with Gasteiger partial charge in [-0.15, -0.1) is 0 Å². The first-order valence-electron chi connectivity index (χ1n) is 6.42. The summed E-state index contributed by atoms with van der Waals surface area (Å²) < 4.78 is 5.42. The molecule has 0 aliphatic heterocycles. The van der Waals surface area contributed by atoms with Crippen LogP contribution in [0.1, 0.15) is 26.0 Å². The molecule has 1 heterocycles. The summed E-state index contributed by atoms with van der Waals surface area (Å²) in [6.45, 7) is 7.31. The molecule has 0 aliphatic rings. The molecule has 8 heteroatoms. The van der Waals surface area contributed by atoms with Crippen LogP contribution in [-0.2, 0) is 4.74 Å². The Morgan fingerprint density at radius 2 is 2.10 bits per heavy atom. The summed E-state index contributed by atoms with van der Waals surface area (Å²) in [6, 6.07) is 0. The highest BCUT2D eigenvalue weighted by Crippen LogP contribution is 2.26. The van der Waals surface area contributed by atoms with Crippen molar-refractivity contribution in [3.63, 3.8) is 0 Å². The molecule has 0 unspecified atom stereocenters. The summed E-state index contributed by atoms with van der Waals surface area (Å²) in [7, 11) is 0. The van der Waals surface area contributed by atoms with E-state index in [0.717, 1.165) is 6.42 Å². The molecule has 112 valence electrons. The van der Waals surface area contributed by atoms with Crippen molar-refractivity contribution in [2.75, 3.05) is 25.1 Å². The number of rotatable bonds is 8. The molecule has 0 aliphatic carbocycles. The van der Waals surface area contributed by atoms with Crippen molar-refractivity contribution < 1.29 is 9.66 Å². The standard InChI is InChI=1S/C12H19ClN4O3/c1-8(2)4-6-20-7-5-14-11-10(17(18)19)9(3)15-12(13)16-11/h8H,4-7H2,1-3H3,(H,14,15,16). The number of aryl methyl sites for hydroxylation is 1. The van der Waals surface area contributed by atoms with E-state index in [0.29, 0.717) is 25.7 Å². The van der Waals surface area contributed by atoms with Gasteiger partial charge in [0.1, 0.15) is 5.69 Å². The van der Waals surface area contributed by atoms with E-state index in [9.17, 15) is 10.1 Å². The van der Waals surface area contributed by atoms with Crippen LogP contribution < -0.4 is 5.32 Å². The van der Waals surface area contributed by atoms with Gasteiger partial charge in [0, 0.05) is 13.2 Å². The Labute approximate surface area is 122 Å². The van der Waals surface area contributed by atoms with Gasteiger partial charge in [-0.1, -0.05) is 13.8 Å². The maximum atomic E-state index is 11.0. The number of aromatic nitrogens is 2. The van der Waals surface area contributed by atoms with E-state index in [2.05, 4.69) is 29.1 Å². The van der Waals surface area contributed by atoms with Gasteiger partial charge in [-0.3, -0.25) is 10.1 Å². The molecule has 1 rings (SSSR count). The minimum Gasteiger partial charge on any atom is -0.380 e. The molecule has 0 bridgehead atoms. The number of hydrogen-bond acceptors (Lipinski definition) is 6. The maximum absolute atomic E-state index is 11.0. The maximum Gasteiger partial charge on any atom is 0.332 e. The predicted octanol–water partition coefficient (Wildman–Crippen LogP) is 2.82. The van der Waals surface area contributed by atoms with Crippen LogP contribution in [0.15, 0.2) is 0 Å². The third-order valence-corrected chi connectivity index (χ3v) is 2.76. The fraction of sp³-hybridized carbons (Fsp3) is 0.667. The minimum atomic E-state index is -0.520. The average Bonchev–Trinajstić information content (AvgIpc) is 2.31. The number of hydrogen-bond donors (Lipinski definition) is 1. The highest BCUT2D eigenvalue weighted by molar-refractivity contribution is 6.28. The van der Waals surface area contributed by atoms with Gasteiger partial charge >= 0.3 is 5.69 Å². The van der Waals surface area contributed by atoms with Crippen LogP contribution in [0.4, 0.5) is 11.5 Å². The number of nitrogens with one attached hydrogen (secondary N) is 1. The summed E-state index contributed by atoms with van der Waals surface area (Å²) in [6.07, 6.45) is 0.985. The van der Waals surface area contributed by atoms with E-state index < -0.39 is 4.92 Å². The third kappa shape index (κ3) is 5.26. The zero-order valence-corrected chi connectivity index (χ0v) is 12.6. The van der Waals surface area contributed by atoms with Gasteiger partial charge in [-0.05, 0) is 30.9 Å². The lowest BCUT2D eigenvalue weighted by molar-refractivity contribution is -0.385. The number of nitro groups is 1. The Morgan fingerprint density at radius 3 is 2.70 bits per heavy atom. The summed E-state index contributed by atoms with van der Waals surface area (Å²) in [5.41, 5.74) is 0.0785. The Kier molecular flexibility index (Phi) is 6.60. The molecule has 7 nitrogen and oxygen atoms in total. The Morgan fingerprint density at radius 1 is 1.40 bits per heavy atom. The Hall–Kier alpha value is -1.47. The van der Waals surface area contributed by atoms with Crippen molar-refractivity contribution in [3.8, 4) is 0 Å². The van der Waals surface area contributed by atoms with Crippen LogP contribution in [0, 0.1) is 23.0 Å². The molecule has 0 radical (unpaired) electrons. The quantitative estimate of drug-likeness (QED) is 0.344. The lowest BCUT2D eigenvalue weighted by Crippen LogP contribution is -2.14. The fourth-order valence-electron chi connectivity index (χ4n) is 1.54. The van der Waals surface area contributed by atoms with Crippen LogP contribution >= 0.6 is 11.6 Å². The van der Waals surface area contributed by atoms with Gasteiger partial charge in [0.2, 0.25) is 11.1 Å². The second-order valence-electron chi connectivity index (χ2n) is 4.75. The smallest absolute Gasteiger partial charge is 0.332 e. The molecule has 0 saturated carbocycles. The number of anilines is 1. The molecule has 1 aromatic rings.